The molecular weight excluding hydrogens is 703 g/mol. The number of rotatable bonds is 7. The van der Waals surface area contributed by atoms with Crippen LogP contribution in [0.1, 0.15) is 0 Å². The Balaban J connectivity index is 1.02. The van der Waals surface area contributed by atoms with Gasteiger partial charge in [0, 0.05) is 22.3 Å². The molecule has 11 rings (SSSR count). The van der Waals surface area contributed by atoms with Crippen LogP contribution in [-0.4, -0.2) is 0 Å². The van der Waals surface area contributed by atoms with Crippen LogP contribution in [-0.2, 0) is 0 Å². The molecule has 1 aromatic heterocycles. The lowest BCUT2D eigenvalue weighted by atomic mass is 9.96. The van der Waals surface area contributed by atoms with Gasteiger partial charge in [-0.3, -0.25) is 0 Å². The van der Waals surface area contributed by atoms with Gasteiger partial charge in [0.2, 0.25) is 0 Å². The lowest BCUT2D eigenvalue weighted by Crippen LogP contribution is -2.10. The predicted octanol–water partition coefficient (Wildman–Crippen LogP) is 16.0. The fourth-order valence-electron chi connectivity index (χ4n) is 8.68. The van der Waals surface area contributed by atoms with Crippen molar-refractivity contribution in [1.29, 1.82) is 0 Å². The zero-order chi connectivity index (χ0) is 38.4. The number of benzene rings is 10. The van der Waals surface area contributed by atoms with Gasteiger partial charge in [0.05, 0.1) is 11.1 Å². The summed E-state index contributed by atoms with van der Waals surface area (Å²) in [7, 11) is 0. The van der Waals surface area contributed by atoms with Crippen molar-refractivity contribution in [3.8, 4) is 44.5 Å². The molecule has 0 aliphatic rings. The van der Waals surface area contributed by atoms with E-state index in [0.29, 0.717) is 0 Å². The van der Waals surface area contributed by atoms with Gasteiger partial charge in [0.25, 0.3) is 0 Å². The molecule has 0 saturated carbocycles. The summed E-state index contributed by atoms with van der Waals surface area (Å²) in [6.07, 6.45) is 0. The fourth-order valence-corrected chi connectivity index (χ4v) is 8.68. The third-order valence-electron chi connectivity index (χ3n) is 11.5. The van der Waals surface area contributed by atoms with E-state index in [0.717, 1.165) is 50.1 Å². The van der Waals surface area contributed by atoms with E-state index >= 15 is 0 Å². The second-order valence-electron chi connectivity index (χ2n) is 14.9. The molecule has 1 heterocycles. The molecule has 0 bridgehead atoms. The largest absolute Gasteiger partial charge is 0.455 e. The molecule has 0 fully saturated rings. The number of hydrogen-bond acceptors (Lipinski definition) is 2. The van der Waals surface area contributed by atoms with Crippen molar-refractivity contribution < 1.29 is 4.42 Å². The van der Waals surface area contributed by atoms with Gasteiger partial charge in [-0.2, -0.15) is 0 Å². The molecule has 0 radical (unpaired) electrons. The van der Waals surface area contributed by atoms with Crippen LogP contribution in [0.3, 0.4) is 0 Å². The maximum absolute atomic E-state index is 6.73. The highest BCUT2D eigenvalue weighted by molar-refractivity contribution is 6.16. The third kappa shape index (κ3) is 5.82. The minimum atomic E-state index is 0.858. The molecular formula is C56H37NO. The van der Waals surface area contributed by atoms with E-state index in [4.69, 9.17) is 4.42 Å². The average Bonchev–Trinajstić information content (AvgIpc) is 3.69. The Morgan fingerprint density at radius 1 is 0.293 bits per heavy atom. The summed E-state index contributed by atoms with van der Waals surface area (Å²) in [5.41, 5.74) is 14.4. The number of nitrogens with zero attached hydrogens (tertiary/aromatic N) is 1. The molecule has 11 aromatic rings. The fraction of sp³-hybridized carbons (Fsp3) is 0. The van der Waals surface area contributed by atoms with Crippen molar-refractivity contribution in [1.82, 2.24) is 0 Å². The summed E-state index contributed by atoms with van der Waals surface area (Å²) >= 11 is 0. The minimum Gasteiger partial charge on any atom is -0.455 e. The van der Waals surface area contributed by atoms with E-state index in [1.807, 2.05) is 0 Å². The quantitative estimate of drug-likeness (QED) is 0.162. The molecule has 0 unspecified atom stereocenters. The van der Waals surface area contributed by atoms with E-state index in [1.165, 1.54) is 54.9 Å². The first-order valence-corrected chi connectivity index (χ1v) is 19.8. The average molecular weight is 740 g/mol. The van der Waals surface area contributed by atoms with E-state index in [9.17, 15) is 0 Å². The van der Waals surface area contributed by atoms with Crippen molar-refractivity contribution in [2.75, 3.05) is 4.90 Å². The Bertz CT molecular complexity index is 3240. The zero-order valence-corrected chi connectivity index (χ0v) is 31.7. The molecule has 0 amide bonds. The highest BCUT2D eigenvalue weighted by atomic mass is 16.3. The molecule has 0 N–H and O–H groups in total. The molecule has 2 heteroatoms. The van der Waals surface area contributed by atoms with E-state index in [2.05, 4.69) is 229 Å². The van der Waals surface area contributed by atoms with Gasteiger partial charge in [-0.05, 0) is 96.9 Å². The van der Waals surface area contributed by atoms with Gasteiger partial charge in [0.1, 0.15) is 11.2 Å². The van der Waals surface area contributed by atoms with Gasteiger partial charge in [-0.25, -0.2) is 0 Å². The number of hydrogen-bond donors (Lipinski definition) is 0. The lowest BCUT2D eigenvalue weighted by Gasteiger charge is -2.26. The maximum Gasteiger partial charge on any atom is 0.143 e. The van der Waals surface area contributed by atoms with Crippen LogP contribution in [0.5, 0.6) is 0 Å². The minimum absolute atomic E-state index is 0.858. The topological polar surface area (TPSA) is 16.4 Å². The van der Waals surface area contributed by atoms with Crippen LogP contribution in [0.25, 0.3) is 88.0 Å². The first-order chi connectivity index (χ1) is 28.8. The first-order valence-electron chi connectivity index (χ1n) is 19.8. The van der Waals surface area contributed by atoms with Crippen LogP contribution < -0.4 is 4.90 Å². The number of fused-ring (bicyclic) bond motifs is 5. The van der Waals surface area contributed by atoms with Gasteiger partial charge in [-0.1, -0.05) is 188 Å². The second-order valence-corrected chi connectivity index (χ2v) is 14.9. The summed E-state index contributed by atoms with van der Waals surface area (Å²) in [5.74, 6) is 0. The standard InChI is InChI=1S/C56H37NO/c1-2-12-42(13-3-1)51-22-10-23-52-55-53(24-11-25-54(55)58-56(51)52)57(46-36-32-44(33-37-46)50-21-9-17-41-15-5-7-19-48(41)50)45-34-30-39(31-35-45)38-26-28-43(29-27-38)49-20-8-16-40-14-4-6-18-47(40)49/h1-37H. The smallest absolute Gasteiger partial charge is 0.143 e. The molecule has 10 aromatic carbocycles. The highest BCUT2D eigenvalue weighted by Crippen LogP contribution is 2.45. The van der Waals surface area contributed by atoms with Crippen molar-refractivity contribution in [3.63, 3.8) is 0 Å². The molecule has 2 nitrogen and oxygen atoms in total. The van der Waals surface area contributed by atoms with Gasteiger partial charge in [-0.15, -0.1) is 0 Å². The molecule has 272 valence electrons. The molecule has 0 aliphatic carbocycles. The first kappa shape index (κ1) is 33.6. The Morgan fingerprint density at radius 2 is 0.724 bits per heavy atom. The molecule has 0 aliphatic heterocycles. The van der Waals surface area contributed by atoms with Gasteiger partial charge >= 0.3 is 0 Å². The maximum atomic E-state index is 6.73. The Labute approximate surface area is 337 Å². The highest BCUT2D eigenvalue weighted by Gasteiger charge is 2.21. The third-order valence-corrected chi connectivity index (χ3v) is 11.5. The SMILES string of the molecule is c1ccc(-c2cccc3c2oc2cccc(N(c4ccc(-c5ccc(-c6cccc7ccccc67)cc5)cc4)c4ccc(-c5cccc6ccccc56)cc4)c23)cc1. The van der Waals surface area contributed by atoms with Crippen molar-refractivity contribution in [2.45, 2.75) is 0 Å². The molecule has 58 heavy (non-hydrogen) atoms. The Hall–Kier alpha value is -7.68. The monoisotopic (exact) mass is 739 g/mol. The van der Waals surface area contributed by atoms with Crippen LogP contribution in [0, 0.1) is 0 Å². The Morgan fingerprint density at radius 3 is 1.34 bits per heavy atom. The summed E-state index contributed by atoms with van der Waals surface area (Å²) in [6.45, 7) is 0. The zero-order valence-electron chi connectivity index (χ0n) is 31.7. The van der Waals surface area contributed by atoms with Crippen molar-refractivity contribution in [3.05, 3.63) is 224 Å². The van der Waals surface area contributed by atoms with E-state index < -0.39 is 0 Å². The molecule has 0 spiro atoms. The van der Waals surface area contributed by atoms with Gasteiger partial charge in [0.15, 0.2) is 0 Å². The Kier molecular flexibility index (Phi) is 8.19. The van der Waals surface area contributed by atoms with Crippen molar-refractivity contribution >= 4 is 60.5 Å². The summed E-state index contributed by atoms with van der Waals surface area (Å²) in [4.78, 5) is 2.37. The van der Waals surface area contributed by atoms with Crippen LogP contribution in [0.2, 0.25) is 0 Å². The van der Waals surface area contributed by atoms with E-state index in [1.54, 1.807) is 0 Å². The summed E-state index contributed by atoms with van der Waals surface area (Å²) < 4.78 is 6.73. The van der Waals surface area contributed by atoms with Crippen LogP contribution in [0.4, 0.5) is 17.1 Å². The summed E-state index contributed by atoms with van der Waals surface area (Å²) in [5, 5.41) is 7.18. The number of para-hydroxylation sites is 1. The normalized spacial score (nSPS) is 11.4. The lowest BCUT2D eigenvalue weighted by molar-refractivity contribution is 0.670. The van der Waals surface area contributed by atoms with E-state index in [-0.39, 0.29) is 0 Å². The number of anilines is 3. The van der Waals surface area contributed by atoms with Crippen molar-refractivity contribution in [2.24, 2.45) is 0 Å². The summed E-state index contributed by atoms with van der Waals surface area (Å²) in [6, 6.07) is 80.5. The molecule has 0 saturated heterocycles. The van der Waals surface area contributed by atoms with Gasteiger partial charge < -0.3 is 9.32 Å². The predicted molar refractivity (Wildman–Crippen MR) is 245 cm³/mol. The van der Waals surface area contributed by atoms with Crippen LogP contribution in [0.15, 0.2) is 229 Å². The number of furan rings is 1. The van der Waals surface area contributed by atoms with Crippen LogP contribution >= 0.6 is 0 Å². The molecule has 0 atom stereocenters. The second kappa shape index (κ2) is 14.1.